The number of allylic oxidation sites excluding steroid dienone is 2. The average molecular weight is 442 g/mol. The fourth-order valence-electron chi connectivity index (χ4n) is 4.81. The Hall–Kier alpha value is -3.74. The third kappa shape index (κ3) is 4.06. The second kappa shape index (κ2) is 8.31. The number of aliphatic hydroxyl groups is 1. The molecule has 0 saturated heterocycles. The van der Waals surface area contributed by atoms with Crippen LogP contribution in [-0.2, 0) is 4.79 Å². The Morgan fingerprint density at radius 3 is 2.39 bits per heavy atom. The topological polar surface area (TPSA) is 92.4 Å². The van der Waals surface area contributed by atoms with Gasteiger partial charge < -0.3 is 10.4 Å². The standard InChI is InChI=1S/C26H27N5O2/c1-26(2)13-20(32)19(21(33)14-26)15-27-23-22(17-9-5-3-6-10-17)30-25-28-16-29-31(25)24(23)18-11-7-4-8-12-18/h3-12,15-16,22-24,32H,13-14H2,1-2H3,(H,28,29,30)/t22-,23-,24-/m1/s1. The molecule has 33 heavy (non-hydrogen) atoms. The van der Waals surface area contributed by atoms with Crippen LogP contribution in [0.4, 0.5) is 5.95 Å². The van der Waals surface area contributed by atoms with Crippen LogP contribution < -0.4 is 5.32 Å². The fraction of sp³-hybridized carbons (Fsp3) is 0.308. The highest BCUT2D eigenvalue weighted by molar-refractivity contribution is 6.14. The smallest absolute Gasteiger partial charge is 0.222 e. The summed E-state index contributed by atoms with van der Waals surface area (Å²) in [7, 11) is 0. The Morgan fingerprint density at radius 2 is 1.73 bits per heavy atom. The quantitative estimate of drug-likeness (QED) is 0.574. The number of aromatic nitrogens is 3. The Morgan fingerprint density at radius 1 is 1.06 bits per heavy atom. The number of Topliss-reactive ketones (excluding diaryl/α,β-unsaturated/α-hetero) is 1. The molecule has 1 aromatic heterocycles. The molecule has 2 aromatic carbocycles. The van der Waals surface area contributed by atoms with Crippen molar-refractivity contribution >= 4 is 17.9 Å². The van der Waals surface area contributed by atoms with Gasteiger partial charge in [-0.3, -0.25) is 9.79 Å². The minimum absolute atomic E-state index is 0.0785. The fourth-order valence-corrected chi connectivity index (χ4v) is 4.81. The largest absolute Gasteiger partial charge is 0.511 e. The first-order chi connectivity index (χ1) is 15.9. The number of anilines is 1. The third-order valence-electron chi connectivity index (χ3n) is 6.36. The molecule has 1 aliphatic heterocycles. The van der Waals surface area contributed by atoms with Gasteiger partial charge in [0, 0.05) is 19.1 Å². The summed E-state index contributed by atoms with van der Waals surface area (Å²) in [5.74, 6) is 0.699. The molecule has 2 heterocycles. The van der Waals surface area contributed by atoms with Crippen LogP contribution in [0.1, 0.15) is 49.9 Å². The van der Waals surface area contributed by atoms with Crippen LogP contribution in [0.5, 0.6) is 0 Å². The summed E-state index contributed by atoms with van der Waals surface area (Å²) in [5.41, 5.74) is 2.16. The van der Waals surface area contributed by atoms with Crippen LogP contribution in [-0.4, -0.2) is 37.9 Å². The van der Waals surface area contributed by atoms with Crippen LogP contribution >= 0.6 is 0 Å². The van der Waals surface area contributed by atoms with E-state index in [9.17, 15) is 9.90 Å². The van der Waals surface area contributed by atoms with Crippen molar-refractivity contribution in [2.24, 2.45) is 10.4 Å². The zero-order valence-corrected chi connectivity index (χ0v) is 18.7. The second-order valence-electron chi connectivity index (χ2n) is 9.49. The van der Waals surface area contributed by atoms with Gasteiger partial charge in [-0.1, -0.05) is 74.5 Å². The Labute approximate surface area is 192 Å². The first-order valence-corrected chi connectivity index (χ1v) is 11.2. The molecule has 0 amide bonds. The highest BCUT2D eigenvalue weighted by Crippen LogP contribution is 2.40. The molecule has 0 unspecified atom stereocenters. The number of hydrogen-bond donors (Lipinski definition) is 2. The molecular formula is C26H27N5O2. The van der Waals surface area contributed by atoms with Gasteiger partial charge in [-0.15, -0.1) is 0 Å². The molecule has 2 N–H and O–H groups in total. The van der Waals surface area contributed by atoms with Gasteiger partial charge >= 0.3 is 0 Å². The monoisotopic (exact) mass is 441 g/mol. The third-order valence-corrected chi connectivity index (χ3v) is 6.36. The first-order valence-electron chi connectivity index (χ1n) is 11.2. The summed E-state index contributed by atoms with van der Waals surface area (Å²) < 4.78 is 1.84. The van der Waals surface area contributed by atoms with E-state index in [-0.39, 0.29) is 35.1 Å². The number of fused-ring (bicyclic) bond motifs is 1. The van der Waals surface area contributed by atoms with Crippen molar-refractivity contribution in [3.05, 3.63) is 89.5 Å². The van der Waals surface area contributed by atoms with E-state index >= 15 is 0 Å². The lowest BCUT2D eigenvalue weighted by atomic mass is 9.77. The lowest BCUT2D eigenvalue weighted by Gasteiger charge is -2.37. The molecule has 0 fully saturated rings. The molecule has 0 radical (unpaired) electrons. The van der Waals surface area contributed by atoms with Crippen LogP contribution in [0.2, 0.25) is 0 Å². The zero-order valence-electron chi connectivity index (χ0n) is 18.7. The number of carbonyl (C=O) groups excluding carboxylic acids is 1. The SMILES string of the molecule is CC1(C)CC(=O)C(C=N[C@@H]2[C@@H](c3ccccc3)Nc3ncnn3[C@@H]2c2ccccc2)=C(O)C1. The molecule has 3 atom stereocenters. The number of benzene rings is 2. The maximum Gasteiger partial charge on any atom is 0.222 e. The van der Waals surface area contributed by atoms with Crippen LogP contribution in [0, 0.1) is 5.41 Å². The zero-order chi connectivity index (χ0) is 23.0. The number of carbonyl (C=O) groups is 1. The van der Waals surface area contributed by atoms with Crippen LogP contribution in [0.15, 0.2) is 83.3 Å². The lowest BCUT2D eigenvalue weighted by Crippen LogP contribution is -2.40. The van der Waals surface area contributed by atoms with Crippen molar-refractivity contribution in [2.75, 3.05) is 5.32 Å². The van der Waals surface area contributed by atoms with E-state index < -0.39 is 0 Å². The van der Waals surface area contributed by atoms with E-state index in [4.69, 9.17) is 4.99 Å². The van der Waals surface area contributed by atoms with Gasteiger partial charge in [0.05, 0.1) is 11.6 Å². The van der Waals surface area contributed by atoms with Gasteiger partial charge in [0.1, 0.15) is 24.2 Å². The number of ketones is 1. The van der Waals surface area contributed by atoms with Crippen molar-refractivity contribution < 1.29 is 9.90 Å². The molecule has 7 heteroatoms. The number of aliphatic imine (C=N–C) groups is 1. The van der Waals surface area contributed by atoms with Gasteiger partial charge in [-0.2, -0.15) is 10.1 Å². The number of nitrogens with one attached hydrogen (secondary N) is 1. The molecule has 7 nitrogen and oxygen atoms in total. The minimum Gasteiger partial charge on any atom is -0.511 e. The normalized spacial score (nSPS) is 24.5. The van der Waals surface area contributed by atoms with E-state index in [2.05, 4.69) is 39.7 Å². The van der Waals surface area contributed by atoms with Gasteiger partial charge in [0.15, 0.2) is 5.78 Å². The van der Waals surface area contributed by atoms with Crippen LogP contribution in [0.25, 0.3) is 0 Å². The molecule has 5 rings (SSSR count). The van der Waals surface area contributed by atoms with E-state index in [1.54, 1.807) is 6.21 Å². The summed E-state index contributed by atoms with van der Waals surface area (Å²) >= 11 is 0. The molecule has 0 spiro atoms. The van der Waals surface area contributed by atoms with Crippen molar-refractivity contribution in [2.45, 2.75) is 44.8 Å². The van der Waals surface area contributed by atoms with E-state index in [0.717, 1.165) is 11.1 Å². The predicted molar refractivity (Wildman–Crippen MR) is 127 cm³/mol. The van der Waals surface area contributed by atoms with E-state index in [0.29, 0.717) is 24.4 Å². The van der Waals surface area contributed by atoms with Crippen molar-refractivity contribution in [1.29, 1.82) is 0 Å². The maximum atomic E-state index is 12.8. The molecule has 1 aliphatic carbocycles. The molecule has 168 valence electrons. The average Bonchev–Trinajstić information content (AvgIpc) is 3.26. The van der Waals surface area contributed by atoms with Gasteiger partial charge in [-0.25, -0.2) is 4.68 Å². The van der Waals surface area contributed by atoms with Crippen molar-refractivity contribution in [1.82, 2.24) is 14.8 Å². The molecule has 2 aliphatic rings. The van der Waals surface area contributed by atoms with Gasteiger partial charge in [0.25, 0.3) is 0 Å². The number of hydrogen-bond acceptors (Lipinski definition) is 6. The second-order valence-corrected chi connectivity index (χ2v) is 9.49. The van der Waals surface area contributed by atoms with Gasteiger partial charge in [0.2, 0.25) is 5.95 Å². The Balaban J connectivity index is 1.62. The molecule has 0 saturated carbocycles. The number of rotatable bonds is 4. The highest BCUT2D eigenvalue weighted by atomic mass is 16.3. The van der Waals surface area contributed by atoms with Crippen molar-refractivity contribution in [3.63, 3.8) is 0 Å². The highest BCUT2D eigenvalue weighted by Gasteiger charge is 2.40. The first kappa shape index (κ1) is 21.1. The predicted octanol–water partition coefficient (Wildman–Crippen LogP) is 4.67. The molecular weight excluding hydrogens is 414 g/mol. The lowest BCUT2D eigenvalue weighted by molar-refractivity contribution is -0.117. The molecule has 3 aromatic rings. The number of aliphatic hydroxyl groups excluding tert-OH is 1. The van der Waals surface area contributed by atoms with Crippen molar-refractivity contribution in [3.8, 4) is 0 Å². The maximum absolute atomic E-state index is 12.8. The Bertz CT molecular complexity index is 1210. The van der Waals surface area contributed by atoms with E-state index in [1.807, 2.05) is 54.9 Å². The summed E-state index contributed by atoms with van der Waals surface area (Å²) in [4.78, 5) is 22.2. The minimum atomic E-state index is -0.327. The van der Waals surface area contributed by atoms with Crippen LogP contribution in [0.3, 0.4) is 0 Å². The van der Waals surface area contributed by atoms with Gasteiger partial charge in [-0.05, 0) is 16.5 Å². The summed E-state index contributed by atoms with van der Waals surface area (Å²) in [5, 5.41) is 18.6. The summed E-state index contributed by atoms with van der Waals surface area (Å²) in [6.07, 6.45) is 3.94. The molecule has 0 bridgehead atoms. The summed E-state index contributed by atoms with van der Waals surface area (Å²) in [6.45, 7) is 3.98. The Kier molecular flexibility index (Phi) is 5.32. The summed E-state index contributed by atoms with van der Waals surface area (Å²) in [6, 6.07) is 19.4. The van der Waals surface area contributed by atoms with E-state index in [1.165, 1.54) is 6.33 Å². The number of nitrogens with zero attached hydrogens (tertiary/aromatic N) is 4.